The minimum absolute atomic E-state index is 0.000963. The van der Waals surface area contributed by atoms with Crippen LogP contribution in [0.5, 0.6) is 11.5 Å². The van der Waals surface area contributed by atoms with E-state index in [2.05, 4.69) is 33.9 Å². The number of aliphatic hydroxyl groups excluding tert-OH is 1. The number of methoxy groups -OCH3 is 1. The van der Waals surface area contributed by atoms with Crippen molar-refractivity contribution < 1.29 is 24.2 Å². The number of carboxylic acids is 1. The zero-order valence-electron chi connectivity index (χ0n) is 16.2. The molecule has 0 bridgehead atoms. The van der Waals surface area contributed by atoms with Crippen molar-refractivity contribution in [3.05, 3.63) is 35.4 Å². The van der Waals surface area contributed by atoms with Gasteiger partial charge in [-0.05, 0) is 42.2 Å². The maximum Gasteiger partial charge on any atom is 0.334 e. The molecule has 0 amide bonds. The Kier molecular flexibility index (Phi) is 6.85. The summed E-state index contributed by atoms with van der Waals surface area (Å²) < 4.78 is 11.7. The fourth-order valence-corrected chi connectivity index (χ4v) is 3.10. The van der Waals surface area contributed by atoms with Crippen molar-refractivity contribution in [3.63, 3.8) is 0 Å². The predicted molar refractivity (Wildman–Crippen MR) is 102 cm³/mol. The van der Waals surface area contributed by atoms with Gasteiger partial charge >= 0.3 is 5.97 Å². The van der Waals surface area contributed by atoms with Crippen LogP contribution in [0.2, 0.25) is 18.1 Å². The standard InChI is InChI=1S/C19H30O5Si/c1-8-9-14(18(21)22)17(20)13-10-11-15(23-5)16(12-13)24-25(6,7)19(2,3)4/h9-12,17,20H,8H2,1-7H3,(H,21,22). The van der Waals surface area contributed by atoms with Gasteiger partial charge in [0.1, 0.15) is 11.9 Å². The maximum absolute atomic E-state index is 11.4. The molecule has 0 radical (unpaired) electrons. The van der Waals surface area contributed by atoms with Crippen molar-refractivity contribution in [2.75, 3.05) is 7.11 Å². The number of ether oxygens (including phenoxy) is 1. The molecule has 0 aliphatic carbocycles. The first-order valence-corrected chi connectivity index (χ1v) is 11.3. The van der Waals surface area contributed by atoms with Crippen LogP contribution in [0.25, 0.3) is 0 Å². The van der Waals surface area contributed by atoms with E-state index in [1.54, 1.807) is 25.3 Å². The van der Waals surface area contributed by atoms with Crippen LogP contribution >= 0.6 is 0 Å². The van der Waals surface area contributed by atoms with Gasteiger partial charge in [0.05, 0.1) is 12.7 Å². The quantitative estimate of drug-likeness (QED) is 0.547. The van der Waals surface area contributed by atoms with Gasteiger partial charge in [-0.15, -0.1) is 0 Å². The van der Waals surface area contributed by atoms with E-state index in [-0.39, 0.29) is 10.6 Å². The van der Waals surface area contributed by atoms with Gasteiger partial charge in [-0.1, -0.05) is 39.8 Å². The Hall–Kier alpha value is -1.79. The summed E-state index contributed by atoms with van der Waals surface area (Å²) in [6.07, 6.45) is 0.832. The highest BCUT2D eigenvalue weighted by Gasteiger charge is 2.39. The Morgan fingerprint density at radius 3 is 2.32 bits per heavy atom. The second-order valence-corrected chi connectivity index (χ2v) is 12.3. The van der Waals surface area contributed by atoms with Gasteiger partial charge in [-0.2, -0.15) is 0 Å². The Bertz CT molecular complexity index is 644. The lowest BCUT2D eigenvalue weighted by Gasteiger charge is -2.37. The van der Waals surface area contributed by atoms with Crippen LogP contribution in [-0.2, 0) is 4.79 Å². The molecule has 0 aliphatic heterocycles. The van der Waals surface area contributed by atoms with Crippen LogP contribution in [-0.4, -0.2) is 31.6 Å². The van der Waals surface area contributed by atoms with E-state index >= 15 is 0 Å². The molecule has 2 N–H and O–H groups in total. The molecule has 0 aliphatic rings. The molecule has 0 saturated carbocycles. The second kappa shape index (κ2) is 8.06. The van der Waals surface area contributed by atoms with Gasteiger partial charge in [0, 0.05) is 0 Å². The third-order valence-corrected chi connectivity index (χ3v) is 8.98. The number of aliphatic carboxylic acids is 1. The Morgan fingerprint density at radius 2 is 1.88 bits per heavy atom. The van der Waals surface area contributed by atoms with Gasteiger partial charge in [0.2, 0.25) is 0 Å². The molecule has 140 valence electrons. The maximum atomic E-state index is 11.4. The first kappa shape index (κ1) is 21.2. The van der Waals surface area contributed by atoms with E-state index in [1.165, 1.54) is 6.08 Å². The molecule has 0 spiro atoms. The van der Waals surface area contributed by atoms with Crippen molar-refractivity contribution in [3.8, 4) is 11.5 Å². The number of carbonyl (C=O) groups is 1. The average Bonchev–Trinajstić information content (AvgIpc) is 2.50. The monoisotopic (exact) mass is 366 g/mol. The largest absolute Gasteiger partial charge is 0.541 e. The van der Waals surface area contributed by atoms with Crippen molar-refractivity contribution in [2.24, 2.45) is 0 Å². The summed E-state index contributed by atoms with van der Waals surface area (Å²) in [6.45, 7) is 12.5. The van der Waals surface area contributed by atoms with Crippen LogP contribution < -0.4 is 9.16 Å². The molecule has 6 heteroatoms. The van der Waals surface area contributed by atoms with E-state index in [1.807, 2.05) is 6.92 Å². The third-order valence-electron chi connectivity index (χ3n) is 4.64. The molecule has 1 aromatic carbocycles. The lowest BCUT2D eigenvalue weighted by molar-refractivity contribution is -0.133. The summed E-state index contributed by atoms with van der Waals surface area (Å²) in [6, 6.07) is 5.04. The van der Waals surface area contributed by atoms with Crippen molar-refractivity contribution in [1.29, 1.82) is 0 Å². The molecule has 5 nitrogen and oxygen atoms in total. The van der Waals surface area contributed by atoms with Gasteiger partial charge in [-0.3, -0.25) is 0 Å². The Morgan fingerprint density at radius 1 is 1.28 bits per heavy atom. The lowest BCUT2D eigenvalue weighted by atomic mass is 10.0. The van der Waals surface area contributed by atoms with Crippen molar-refractivity contribution in [1.82, 2.24) is 0 Å². The highest BCUT2D eigenvalue weighted by atomic mass is 28.4. The summed E-state index contributed by atoms with van der Waals surface area (Å²) in [5.74, 6) is -0.0268. The van der Waals surface area contributed by atoms with Crippen LogP contribution in [0, 0.1) is 0 Å². The zero-order valence-corrected chi connectivity index (χ0v) is 17.2. The molecule has 1 unspecified atom stereocenters. The first-order chi connectivity index (χ1) is 11.4. The van der Waals surface area contributed by atoms with Crippen LogP contribution in [0.1, 0.15) is 45.8 Å². The topological polar surface area (TPSA) is 76.0 Å². The minimum Gasteiger partial charge on any atom is -0.541 e. The lowest BCUT2D eigenvalue weighted by Crippen LogP contribution is -2.44. The minimum atomic E-state index is -2.11. The van der Waals surface area contributed by atoms with Gasteiger partial charge in [0.15, 0.2) is 5.75 Å². The Balaban J connectivity index is 3.31. The number of hydrogen-bond donors (Lipinski definition) is 2. The fraction of sp³-hybridized carbons (Fsp3) is 0.526. The fourth-order valence-electron chi connectivity index (χ4n) is 2.09. The third kappa shape index (κ3) is 5.09. The van der Waals surface area contributed by atoms with Crippen LogP contribution in [0.3, 0.4) is 0 Å². The van der Waals surface area contributed by atoms with E-state index in [0.29, 0.717) is 23.5 Å². The second-order valence-electron chi connectivity index (χ2n) is 7.55. The summed E-state index contributed by atoms with van der Waals surface area (Å²) in [4.78, 5) is 11.4. The molecule has 0 fully saturated rings. The molecule has 0 saturated heterocycles. The van der Waals surface area contributed by atoms with Gasteiger partial charge < -0.3 is 19.4 Å². The van der Waals surface area contributed by atoms with E-state index < -0.39 is 20.4 Å². The predicted octanol–water partition coefficient (Wildman–Crippen LogP) is 4.53. The van der Waals surface area contributed by atoms with E-state index in [9.17, 15) is 15.0 Å². The molecule has 1 aromatic rings. The number of rotatable bonds is 7. The van der Waals surface area contributed by atoms with Crippen molar-refractivity contribution in [2.45, 2.75) is 58.4 Å². The molecule has 1 atom stereocenters. The molecular weight excluding hydrogens is 336 g/mol. The number of aliphatic hydroxyl groups is 1. The van der Waals surface area contributed by atoms with E-state index in [4.69, 9.17) is 9.16 Å². The Labute approximate surface area is 151 Å². The van der Waals surface area contributed by atoms with Crippen LogP contribution in [0.15, 0.2) is 29.8 Å². The molecule has 25 heavy (non-hydrogen) atoms. The normalized spacial score (nSPS) is 14.2. The molecule has 0 aromatic heterocycles. The highest BCUT2D eigenvalue weighted by molar-refractivity contribution is 6.74. The summed E-state index contributed by atoms with van der Waals surface area (Å²) in [7, 11) is -0.549. The van der Waals surface area contributed by atoms with E-state index in [0.717, 1.165) is 0 Å². The van der Waals surface area contributed by atoms with Gasteiger partial charge in [-0.25, -0.2) is 4.79 Å². The number of benzene rings is 1. The first-order valence-electron chi connectivity index (χ1n) is 8.43. The SMILES string of the molecule is CCC=C(C(=O)O)C(O)c1ccc(OC)c(O[Si](C)(C)C(C)(C)C)c1. The summed E-state index contributed by atoms with van der Waals surface area (Å²) in [5.41, 5.74) is 0.433. The highest BCUT2D eigenvalue weighted by Crippen LogP contribution is 2.41. The zero-order chi connectivity index (χ0) is 19.4. The average molecular weight is 367 g/mol. The summed E-state index contributed by atoms with van der Waals surface area (Å²) in [5, 5.41) is 19.8. The number of carboxylic acid groups (broad SMARTS) is 1. The molecular formula is C19H30O5Si. The number of allylic oxidation sites excluding steroid dienone is 1. The summed E-state index contributed by atoms with van der Waals surface area (Å²) >= 11 is 0. The van der Waals surface area contributed by atoms with Crippen molar-refractivity contribution >= 4 is 14.3 Å². The molecule has 0 heterocycles. The van der Waals surface area contributed by atoms with Crippen LogP contribution in [0.4, 0.5) is 0 Å². The number of hydrogen-bond acceptors (Lipinski definition) is 4. The smallest absolute Gasteiger partial charge is 0.334 e. The molecule has 1 rings (SSSR count). The van der Waals surface area contributed by atoms with Gasteiger partial charge in [0.25, 0.3) is 8.32 Å².